The first-order valence-corrected chi connectivity index (χ1v) is 9.30. The highest BCUT2D eigenvalue weighted by molar-refractivity contribution is 8.03. The van der Waals surface area contributed by atoms with E-state index in [9.17, 15) is 14.5 Å². The van der Waals surface area contributed by atoms with E-state index in [1.54, 1.807) is 31.2 Å². The first-order chi connectivity index (χ1) is 12.5. The molecule has 5 N–H and O–H groups in total. The van der Waals surface area contributed by atoms with E-state index in [0.29, 0.717) is 34.9 Å². The van der Waals surface area contributed by atoms with E-state index < -0.39 is 5.50 Å². The van der Waals surface area contributed by atoms with Gasteiger partial charge in [-0.15, -0.1) is 4.91 Å². The number of carbonyl (C=O) groups excluding carboxylic acids is 2. The molecular formula is C17H23N5O3S. The van der Waals surface area contributed by atoms with Crippen LogP contribution in [0.25, 0.3) is 0 Å². The number of hydrogen-bond donors (Lipinski definition) is 4. The topological polar surface area (TPSA) is 126 Å². The zero-order valence-electron chi connectivity index (χ0n) is 14.6. The van der Waals surface area contributed by atoms with Crippen molar-refractivity contribution < 1.29 is 9.59 Å². The van der Waals surface area contributed by atoms with Crippen LogP contribution in [0.15, 0.2) is 40.2 Å². The van der Waals surface area contributed by atoms with Gasteiger partial charge in [-0.1, -0.05) is 30.3 Å². The molecule has 0 saturated heterocycles. The minimum atomic E-state index is -0.477. The van der Waals surface area contributed by atoms with E-state index in [2.05, 4.69) is 21.1 Å². The third-order valence-electron chi connectivity index (χ3n) is 3.80. The number of carbonyl (C=O) groups is 2. The maximum absolute atomic E-state index is 12.5. The van der Waals surface area contributed by atoms with Gasteiger partial charge in [-0.25, -0.2) is 0 Å². The van der Waals surface area contributed by atoms with Gasteiger partial charge in [-0.2, -0.15) is 0 Å². The molecule has 0 aliphatic carbocycles. The predicted molar refractivity (Wildman–Crippen MR) is 103 cm³/mol. The molecule has 1 aromatic carbocycles. The number of unbranched alkanes of at least 4 members (excludes halogenated alkanes) is 2. The highest BCUT2D eigenvalue weighted by Crippen LogP contribution is 2.29. The summed E-state index contributed by atoms with van der Waals surface area (Å²) in [6, 6.07) is 6.80. The molecule has 1 aromatic rings. The third kappa shape index (κ3) is 5.57. The number of nitrogens with one attached hydrogen (secondary N) is 3. The molecule has 0 radical (unpaired) electrons. The van der Waals surface area contributed by atoms with E-state index in [0.717, 1.165) is 31.0 Å². The lowest BCUT2D eigenvalue weighted by atomic mass is 10.1. The van der Waals surface area contributed by atoms with Crippen molar-refractivity contribution in [3.63, 3.8) is 0 Å². The van der Waals surface area contributed by atoms with Crippen molar-refractivity contribution in [1.82, 2.24) is 10.6 Å². The highest BCUT2D eigenvalue weighted by Gasteiger charge is 2.25. The number of allylic oxidation sites excluding steroid dienone is 1. The minimum Gasteiger partial charge on any atom is -0.358 e. The van der Waals surface area contributed by atoms with Gasteiger partial charge in [0.25, 0.3) is 5.91 Å². The second-order valence-corrected chi connectivity index (χ2v) is 6.92. The Bertz CT molecular complexity index is 707. The molecule has 1 aliphatic rings. The van der Waals surface area contributed by atoms with Crippen LogP contribution >= 0.6 is 11.8 Å². The van der Waals surface area contributed by atoms with Crippen LogP contribution in [0.1, 0.15) is 43.0 Å². The first-order valence-electron chi connectivity index (χ1n) is 8.42. The Balaban J connectivity index is 1.94. The normalized spacial score (nSPS) is 16.2. The number of amides is 2. The fourth-order valence-corrected chi connectivity index (χ4v) is 3.35. The maximum Gasteiger partial charge on any atom is 0.255 e. The summed E-state index contributed by atoms with van der Waals surface area (Å²) in [5, 5.41) is 11.8. The molecule has 1 aliphatic heterocycles. The molecule has 0 spiro atoms. The molecule has 2 amide bonds. The fourth-order valence-electron chi connectivity index (χ4n) is 2.45. The lowest BCUT2D eigenvalue weighted by Crippen LogP contribution is -2.40. The summed E-state index contributed by atoms with van der Waals surface area (Å²) >= 11 is 1.14. The Morgan fingerprint density at radius 2 is 2.04 bits per heavy atom. The number of benzene rings is 1. The number of nitroso groups, excluding NO2 is 1. The van der Waals surface area contributed by atoms with Crippen LogP contribution in [0.2, 0.25) is 0 Å². The van der Waals surface area contributed by atoms with Gasteiger partial charge in [0.2, 0.25) is 5.91 Å². The van der Waals surface area contributed by atoms with E-state index in [1.165, 1.54) is 0 Å². The summed E-state index contributed by atoms with van der Waals surface area (Å²) in [6.45, 7) is 2.34. The molecule has 1 heterocycles. The Labute approximate surface area is 156 Å². The number of nitrogens with zero attached hydrogens (tertiary/aromatic N) is 1. The predicted octanol–water partition coefficient (Wildman–Crippen LogP) is 2.45. The van der Waals surface area contributed by atoms with E-state index >= 15 is 0 Å². The molecule has 2 rings (SSSR count). The fraction of sp³-hybridized carbons (Fsp3) is 0.412. The lowest BCUT2D eigenvalue weighted by molar-refractivity contribution is -0.116. The van der Waals surface area contributed by atoms with Crippen molar-refractivity contribution in [3.05, 3.63) is 45.5 Å². The van der Waals surface area contributed by atoms with Gasteiger partial charge in [0.1, 0.15) is 0 Å². The number of anilines is 1. The van der Waals surface area contributed by atoms with Gasteiger partial charge in [0, 0.05) is 12.1 Å². The van der Waals surface area contributed by atoms with E-state index in [4.69, 9.17) is 5.73 Å². The summed E-state index contributed by atoms with van der Waals surface area (Å²) < 4.78 is 0. The Kier molecular flexibility index (Phi) is 7.61. The zero-order valence-corrected chi connectivity index (χ0v) is 15.4. The van der Waals surface area contributed by atoms with Gasteiger partial charge in [0.05, 0.1) is 11.3 Å². The molecule has 0 fully saturated rings. The Morgan fingerprint density at radius 1 is 1.27 bits per heavy atom. The first kappa shape index (κ1) is 19.9. The molecule has 9 heteroatoms. The molecule has 0 saturated carbocycles. The van der Waals surface area contributed by atoms with Crippen LogP contribution in [0, 0.1) is 4.91 Å². The second-order valence-electron chi connectivity index (χ2n) is 5.83. The zero-order chi connectivity index (χ0) is 18.9. The summed E-state index contributed by atoms with van der Waals surface area (Å²) in [5.41, 5.74) is 6.39. The Hall–Kier alpha value is -2.39. The molecule has 0 bridgehead atoms. The van der Waals surface area contributed by atoms with Gasteiger partial charge >= 0.3 is 0 Å². The SMILES string of the molecule is CC1=C(N=O)SC(NC(=O)c2ccccc2NC(=O)CCCCCN)N1. The van der Waals surface area contributed by atoms with Crippen molar-refractivity contribution in [2.45, 2.75) is 38.1 Å². The molecule has 140 valence electrons. The highest BCUT2D eigenvalue weighted by atomic mass is 32.2. The molecule has 26 heavy (non-hydrogen) atoms. The lowest BCUT2D eigenvalue weighted by Gasteiger charge is -2.15. The average Bonchev–Trinajstić information content (AvgIpc) is 2.98. The minimum absolute atomic E-state index is 0.138. The molecule has 0 aromatic heterocycles. The number of thioether (sulfide) groups is 1. The van der Waals surface area contributed by atoms with Crippen LogP contribution < -0.4 is 21.7 Å². The van der Waals surface area contributed by atoms with Crippen LogP contribution in [0.5, 0.6) is 0 Å². The maximum atomic E-state index is 12.5. The quantitative estimate of drug-likeness (QED) is 0.387. The average molecular weight is 377 g/mol. The molecule has 1 unspecified atom stereocenters. The van der Waals surface area contributed by atoms with Gasteiger partial charge in [-0.05, 0) is 43.6 Å². The summed E-state index contributed by atoms with van der Waals surface area (Å²) in [5.74, 6) is -0.491. The van der Waals surface area contributed by atoms with Crippen molar-refractivity contribution >= 4 is 29.3 Å². The molecule has 8 nitrogen and oxygen atoms in total. The third-order valence-corrected chi connectivity index (χ3v) is 4.87. The number of hydrogen-bond acceptors (Lipinski definition) is 7. The van der Waals surface area contributed by atoms with Gasteiger partial charge in [-0.3, -0.25) is 9.59 Å². The van der Waals surface area contributed by atoms with Crippen molar-refractivity contribution in [2.24, 2.45) is 10.9 Å². The summed E-state index contributed by atoms with van der Waals surface area (Å²) in [4.78, 5) is 35.3. The summed E-state index contributed by atoms with van der Waals surface area (Å²) in [7, 11) is 0. The van der Waals surface area contributed by atoms with Gasteiger partial charge in [0.15, 0.2) is 10.5 Å². The van der Waals surface area contributed by atoms with Crippen molar-refractivity contribution in [2.75, 3.05) is 11.9 Å². The largest absolute Gasteiger partial charge is 0.358 e. The Morgan fingerprint density at radius 3 is 2.73 bits per heavy atom. The number of para-hydroxylation sites is 1. The van der Waals surface area contributed by atoms with Gasteiger partial charge < -0.3 is 21.7 Å². The smallest absolute Gasteiger partial charge is 0.255 e. The monoisotopic (exact) mass is 377 g/mol. The summed E-state index contributed by atoms with van der Waals surface area (Å²) in [6.07, 6.45) is 2.93. The second kappa shape index (κ2) is 9.93. The van der Waals surface area contributed by atoms with Crippen molar-refractivity contribution in [3.8, 4) is 0 Å². The van der Waals surface area contributed by atoms with Crippen LogP contribution in [-0.2, 0) is 4.79 Å². The van der Waals surface area contributed by atoms with Crippen LogP contribution in [-0.4, -0.2) is 23.9 Å². The number of nitrogens with two attached hydrogens (primary N) is 1. The standard InChI is InChI=1S/C17H23N5O3S/c1-11-16(22-25)26-17(19-11)21-15(24)12-7-4-5-8-13(12)20-14(23)9-3-2-6-10-18/h4-5,7-8,17,19H,2-3,6,9-10,18H2,1H3,(H,20,23)(H,21,24). The molecule has 1 atom stereocenters. The van der Waals surface area contributed by atoms with E-state index in [1.807, 2.05) is 0 Å². The number of rotatable bonds is 9. The van der Waals surface area contributed by atoms with Crippen LogP contribution in [0.4, 0.5) is 5.69 Å². The van der Waals surface area contributed by atoms with E-state index in [-0.39, 0.29) is 11.8 Å². The van der Waals surface area contributed by atoms with Crippen LogP contribution in [0.3, 0.4) is 0 Å². The molecular weight excluding hydrogens is 354 g/mol. The van der Waals surface area contributed by atoms with Crippen molar-refractivity contribution in [1.29, 1.82) is 0 Å².